The van der Waals surface area contributed by atoms with Crippen LogP contribution in [0.3, 0.4) is 0 Å². The smallest absolute Gasteiger partial charge is 0.336 e. The molecule has 5 atom stereocenters. The Morgan fingerprint density at radius 3 is 2.00 bits per heavy atom. The van der Waals surface area contributed by atoms with Crippen molar-refractivity contribution >= 4 is 11.9 Å². The number of ether oxygens (including phenoxy) is 1. The number of carboxylic acids is 2. The summed E-state index contributed by atoms with van der Waals surface area (Å²) >= 11 is 0. The Balaban J connectivity index is 3.08. The molecule has 0 aromatic heterocycles. The fourth-order valence-electron chi connectivity index (χ4n) is 4.57. The predicted molar refractivity (Wildman–Crippen MR) is 107 cm³/mol. The maximum Gasteiger partial charge on any atom is 0.336 e. The summed E-state index contributed by atoms with van der Waals surface area (Å²) in [6, 6.07) is 0. The number of carboxylic acid groups (broad SMARTS) is 2. The highest BCUT2D eigenvalue weighted by atomic mass is 16.6. The van der Waals surface area contributed by atoms with Crippen LogP contribution in [0.15, 0.2) is 0 Å². The fraction of sp³-hybridized carbons (Fsp3) is 0.909. The largest absolute Gasteiger partial charge is 0.479 e. The maximum absolute atomic E-state index is 12.4. The molecule has 0 aromatic rings. The quantitative estimate of drug-likeness (QED) is 0.412. The van der Waals surface area contributed by atoms with Gasteiger partial charge in [-0.25, -0.2) is 9.59 Å². The van der Waals surface area contributed by atoms with E-state index in [1.807, 2.05) is 0 Å². The summed E-state index contributed by atoms with van der Waals surface area (Å²) < 4.78 is 5.85. The average molecular weight is 385 g/mol. The second-order valence-corrected chi connectivity index (χ2v) is 8.34. The molecule has 27 heavy (non-hydrogen) atoms. The van der Waals surface area contributed by atoms with Crippen LogP contribution in [0, 0.1) is 17.8 Å². The van der Waals surface area contributed by atoms with Gasteiger partial charge in [-0.1, -0.05) is 79.1 Å². The molecule has 1 saturated heterocycles. The maximum atomic E-state index is 12.4. The molecule has 1 heterocycles. The van der Waals surface area contributed by atoms with Crippen molar-refractivity contribution in [2.24, 2.45) is 17.8 Å². The van der Waals surface area contributed by atoms with Crippen LogP contribution >= 0.6 is 0 Å². The minimum absolute atomic E-state index is 0.228. The van der Waals surface area contributed by atoms with Crippen molar-refractivity contribution in [3.05, 3.63) is 0 Å². The Kier molecular flexibility index (Phi) is 10.4. The van der Waals surface area contributed by atoms with E-state index in [-0.39, 0.29) is 11.8 Å². The Labute approximate surface area is 164 Å². The van der Waals surface area contributed by atoms with Crippen LogP contribution in [0.4, 0.5) is 0 Å². The second-order valence-electron chi connectivity index (χ2n) is 8.34. The summed E-state index contributed by atoms with van der Waals surface area (Å²) in [5.41, 5.74) is -1.35. The normalized spacial score (nSPS) is 27.4. The number of hydrogen-bond donors (Lipinski definition) is 2. The molecule has 158 valence electrons. The van der Waals surface area contributed by atoms with Gasteiger partial charge >= 0.3 is 11.9 Å². The van der Waals surface area contributed by atoms with E-state index in [4.69, 9.17) is 4.74 Å². The van der Waals surface area contributed by atoms with Gasteiger partial charge in [0.25, 0.3) is 0 Å². The van der Waals surface area contributed by atoms with E-state index in [2.05, 4.69) is 27.7 Å². The van der Waals surface area contributed by atoms with Gasteiger partial charge < -0.3 is 14.9 Å². The van der Waals surface area contributed by atoms with Crippen LogP contribution < -0.4 is 0 Å². The first-order valence-corrected chi connectivity index (χ1v) is 11.0. The van der Waals surface area contributed by atoms with E-state index in [1.165, 1.54) is 0 Å². The molecule has 1 rings (SSSR count). The standard InChI is InChI=1S/C22H40O5/c1-5-9-11-16(7-3)13-18-14-19(20(23)24)27-22(18,21(25)26)15-17(8-4)12-10-6-2/h16-19H,5-15H2,1-4H3,(H,23,24)(H,25,26). The molecule has 5 nitrogen and oxygen atoms in total. The minimum atomic E-state index is -1.35. The predicted octanol–water partition coefficient (Wildman–Crippen LogP) is 5.51. The van der Waals surface area contributed by atoms with Crippen LogP contribution in [0.25, 0.3) is 0 Å². The molecule has 0 saturated carbocycles. The van der Waals surface area contributed by atoms with Crippen LogP contribution in [0.1, 0.15) is 98.3 Å². The van der Waals surface area contributed by atoms with Crippen molar-refractivity contribution in [1.82, 2.24) is 0 Å². The van der Waals surface area contributed by atoms with Crippen molar-refractivity contribution in [3.63, 3.8) is 0 Å². The van der Waals surface area contributed by atoms with E-state index in [0.717, 1.165) is 57.8 Å². The van der Waals surface area contributed by atoms with Crippen LogP contribution in [-0.4, -0.2) is 33.9 Å². The van der Waals surface area contributed by atoms with Crippen molar-refractivity contribution in [2.45, 2.75) is 110 Å². The molecule has 2 N–H and O–H groups in total. The van der Waals surface area contributed by atoms with Gasteiger partial charge in [0.15, 0.2) is 11.7 Å². The zero-order chi connectivity index (χ0) is 20.4. The van der Waals surface area contributed by atoms with Crippen molar-refractivity contribution < 1.29 is 24.5 Å². The highest BCUT2D eigenvalue weighted by Crippen LogP contribution is 2.46. The molecule has 0 spiro atoms. The van der Waals surface area contributed by atoms with E-state index < -0.39 is 23.6 Å². The third-order valence-electron chi connectivity index (χ3n) is 6.44. The summed E-state index contributed by atoms with van der Waals surface area (Å²) in [5, 5.41) is 19.6. The first kappa shape index (κ1) is 23.9. The van der Waals surface area contributed by atoms with Gasteiger partial charge in [-0.3, -0.25) is 0 Å². The summed E-state index contributed by atoms with van der Waals surface area (Å²) in [6.45, 7) is 8.52. The molecule has 1 aliphatic rings. The van der Waals surface area contributed by atoms with Crippen LogP contribution in [0.5, 0.6) is 0 Å². The number of rotatable bonds is 14. The van der Waals surface area contributed by atoms with E-state index >= 15 is 0 Å². The molecule has 5 unspecified atom stereocenters. The number of carbonyl (C=O) groups is 2. The number of hydrogen-bond acceptors (Lipinski definition) is 3. The van der Waals surface area contributed by atoms with Gasteiger partial charge in [-0.2, -0.15) is 0 Å². The van der Waals surface area contributed by atoms with Gasteiger partial charge in [-0.05, 0) is 31.1 Å². The SMILES string of the molecule is CCCCC(CC)CC1CC(C(=O)O)OC1(CC(CC)CCCC)C(=O)O. The molecule has 0 amide bonds. The lowest BCUT2D eigenvalue weighted by Crippen LogP contribution is -2.47. The summed E-state index contributed by atoms with van der Waals surface area (Å²) in [5.74, 6) is -1.55. The third kappa shape index (κ3) is 6.48. The topological polar surface area (TPSA) is 83.8 Å². The zero-order valence-electron chi connectivity index (χ0n) is 17.7. The molecule has 1 fully saturated rings. The van der Waals surface area contributed by atoms with Gasteiger partial charge in [0.05, 0.1) is 0 Å². The molecule has 0 aromatic carbocycles. The summed E-state index contributed by atoms with van der Waals surface area (Å²) in [6.07, 6.45) is 8.82. The van der Waals surface area contributed by atoms with Crippen molar-refractivity contribution in [3.8, 4) is 0 Å². The molecule has 1 aliphatic heterocycles. The second kappa shape index (κ2) is 11.7. The van der Waals surface area contributed by atoms with Crippen LogP contribution in [0.2, 0.25) is 0 Å². The van der Waals surface area contributed by atoms with Gasteiger partial charge in [-0.15, -0.1) is 0 Å². The van der Waals surface area contributed by atoms with E-state index in [9.17, 15) is 19.8 Å². The Bertz CT molecular complexity index is 464. The molecule has 0 bridgehead atoms. The zero-order valence-corrected chi connectivity index (χ0v) is 17.7. The fourth-order valence-corrected chi connectivity index (χ4v) is 4.57. The Morgan fingerprint density at radius 1 is 1.00 bits per heavy atom. The summed E-state index contributed by atoms with van der Waals surface area (Å²) in [4.78, 5) is 24.0. The Morgan fingerprint density at radius 2 is 1.56 bits per heavy atom. The average Bonchev–Trinajstić information content (AvgIpc) is 3.01. The molecule has 5 heteroatoms. The molecule has 0 radical (unpaired) electrons. The highest BCUT2D eigenvalue weighted by Gasteiger charge is 2.56. The lowest BCUT2D eigenvalue weighted by Gasteiger charge is -2.35. The van der Waals surface area contributed by atoms with Gasteiger partial charge in [0, 0.05) is 5.92 Å². The van der Waals surface area contributed by atoms with Crippen molar-refractivity contribution in [2.75, 3.05) is 0 Å². The van der Waals surface area contributed by atoms with E-state index in [1.54, 1.807) is 0 Å². The lowest BCUT2D eigenvalue weighted by molar-refractivity contribution is -0.178. The minimum Gasteiger partial charge on any atom is -0.479 e. The molecule has 0 aliphatic carbocycles. The number of aliphatic carboxylic acids is 2. The summed E-state index contributed by atoms with van der Waals surface area (Å²) in [7, 11) is 0. The first-order valence-electron chi connectivity index (χ1n) is 11.0. The van der Waals surface area contributed by atoms with E-state index in [0.29, 0.717) is 18.8 Å². The monoisotopic (exact) mass is 384 g/mol. The highest BCUT2D eigenvalue weighted by molar-refractivity contribution is 5.81. The first-order chi connectivity index (χ1) is 12.8. The van der Waals surface area contributed by atoms with Crippen molar-refractivity contribution in [1.29, 1.82) is 0 Å². The van der Waals surface area contributed by atoms with Gasteiger partial charge in [0.2, 0.25) is 0 Å². The molecular weight excluding hydrogens is 344 g/mol. The van der Waals surface area contributed by atoms with Gasteiger partial charge in [0.1, 0.15) is 0 Å². The Hall–Kier alpha value is -1.10. The third-order valence-corrected chi connectivity index (χ3v) is 6.44. The molecular formula is C22H40O5. The lowest BCUT2D eigenvalue weighted by atomic mass is 9.73. The number of unbranched alkanes of at least 4 members (excludes halogenated alkanes) is 2. The van der Waals surface area contributed by atoms with Crippen LogP contribution in [-0.2, 0) is 14.3 Å².